The average Bonchev–Trinajstić information content (AvgIpc) is 2.14. The summed E-state index contributed by atoms with van der Waals surface area (Å²) in [5, 5.41) is 8.62. The predicted octanol–water partition coefficient (Wildman–Crippen LogP) is 1.07. The third kappa shape index (κ3) is 2.50. The quantitative estimate of drug-likeness (QED) is 0.766. The maximum Gasteiger partial charge on any atom is 0.383 e. The lowest BCUT2D eigenvalue weighted by molar-refractivity contribution is -0.188. The van der Waals surface area contributed by atoms with Gasteiger partial charge < -0.3 is 10.0 Å². The van der Waals surface area contributed by atoms with E-state index < -0.39 is 36.1 Å². The smallest absolute Gasteiger partial charge is 0.383 e. The summed E-state index contributed by atoms with van der Waals surface area (Å²) in [6.45, 7) is 0.920. The van der Waals surface area contributed by atoms with Gasteiger partial charge in [-0.05, 0) is 0 Å². The lowest BCUT2D eigenvalue weighted by Gasteiger charge is -2.42. The molecule has 8 heteroatoms. The summed E-state index contributed by atoms with van der Waals surface area (Å²) in [6, 6.07) is 0. The van der Waals surface area contributed by atoms with Gasteiger partial charge >= 0.3 is 18.3 Å². The highest BCUT2D eigenvalue weighted by molar-refractivity contribution is 5.85. The van der Waals surface area contributed by atoms with Gasteiger partial charge in [0.2, 0.25) is 0 Å². The number of carbonyl (C=O) groups excluding carboxylic acids is 1. The molecule has 1 amide bonds. The molecule has 1 unspecified atom stereocenters. The summed E-state index contributed by atoms with van der Waals surface area (Å²) in [5.74, 6) is -9.01. The summed E-state index contributed by atoms with van der Waals surface area (Å²) in [4.78, 5) is 22.1. The number of carboxylic acid groups (broad SMARTS) is 1. The van der Waals surface area contributed by atoms with Crippen LogP contribution in [0.5, 0.6) is 0 Å². The summed E-state index contributed by atoms with van der Waals surface area (Å²) in [7, 11) is 0. The Morgan fingerprint density at radius 3 is 2.18 bits per heavy atom. The Bertz CT molecular complexity index is 328. The van der Waals surface area contributed by atoms with E-state index in [1.807, 2.05) is 0 Å². The Balaban J connectivity index is 2.54. The van der Waals surface area contributed by atoms with Crippen molar-refractivity contribution >= 4 is 11.9 Å². The molecule has 17 heavy (non-hydrogen) atoms. The third-order valence-electron chi connectivity index (χ3n) is 2.85. The molecule has 1 heterocycles. The number of rotatable bonds is 4. The highest BCUT2D eigenvalue weighted by atomic mass is 19.3. The first-order chi connectivity index (χ1) is 7.67. The topological polar surface area (TPSA) is 57.6 Å². The Kier molecular flexibility index (Phi) is 3.63. The average molecular weight is 257 g/mol. The molecule has 0 aromatic carbocycles. The van der Waals surface area contributed by atoms with Gasteiger partial charge in [0.25, 0.3) is 5.91 Å². The zero-order chi connectivity index (χ0) is 13.4. The highest BCUT2D eigenvalue weighted by Gasteiger charge is 2.54. The van der Waals surface area contributed by atoms with E-state index in [0.717, 1.165) is 0 Å². The first kappa shape index (κ1) is 13.7. The molecule has 0 saturated carbocycles. The lowest BCUT2D eigenvalue weighted by Crippen LogP contribution is -2.59. The normalized spacial score (nSPS) is 19.1. The molecule has 4 nitrogen and oxygen atoms in total. The van der Waals surface area contributed by atoms with Gasteiger partial charge in [-0.25, -0.2) is 8.78 Å². The molecule has 0 radical (unpaired) electrons. The molecule has 1 atom stereocenters. The Labute approximate surface area is 94.2 Å². The van der Waals surface area contributed by atoms with Crippen molar-refractivity contribution in [3.05, 3.63) is 0 Å². The van der Waals surface area contributed by atoms with Gasteiger partial charge in [0.15, 0.2) is 0 Å². The van der Waals surface area contributed by atoms with Gasteiger partial charge in [-0.15, -0.1) is 0 Å². The van der Waals surface area contributed by atoms with E-state index in [2.05, 4.69) is 0 Å². The maximum atomic E-state index is 12.6. The summed E-state index contributed by atoms with van der Waals surface area (Å²) < 4.78 is 49.0. The number of aliphatic carboxylic acids is 1. The molecule has 0 aromatic heterocycles. The number of alkyl halides is 4. The Hall–Kier alpha value is -1.34. The standard InChI is InChI=1S/C9H11F4NO3/c1-4(6(15)16)5-2-14(3-5)8(17)9(12,13)7(10)11/h4-5,7H,2-3H2,1H3,(H,15,16). The van der Waals surface area contributed by atoms with Gasteiger partial charge in [-0.1, -0.05) is 6.92 Å². The number of hydrogen-bond acceptors (Lipinski definition) is 2. The highest BCUT2D eigenvalue weighted by Crippen LogP contribution is 2.31. The number of nitrogens with zero attached hydrogens (tertiary/aromatic N) is 1. The van der Waals surface area contributed by atoms with Gasteiger partial charge in [0.05, 0.1) is 5.92 Å². The fraction of sp³-hybridized carbons (Fsp3) is 0.778. The minimum atomic E-state index is -4.70. The number of likely N-dealkylation sites (tertiary alicyclic amines) is 1. The van der Waals surface area contributed by atoms with Crippen LogP contribution in [0.2, 0.25) is 0 Å². The van der Waals surface area contributed by atoms with Gasteiger partial charge in [0.1, 0.15) is 0 Å². The molecular weight excluding hydrogens is 246 g/mol. The van der Waals surface area contributed by atoms with Crippen LogP contribution in [0.3, 0.4) is 0 Å². The van der Waals surface area contributed by atoms with Crippen molar-refractivity contribution < 1.29 is 32.3 Å². The number of halogens is 4. The molecule has 1 N–H and O–H groups in total. The zero-order valence-corrected chi connectivity index (χ0v) is 8.87. The van der Waals surface area contributed by atoms with E-state index in [9.17, 15) is 27.2 Å². The lowest BCUT2D eigenvalue weighted by atomic mass is 9.87. The van der Waals surface area contributed by atoms with Crippen molar-refractivity contribution in [2.24, 2.45) is 11.8 Å². The van der Waals surface area contributed by atoms with Crippen LogP contribution in [-0.4, -0.2) is 47.3 Å². The molecule has 1 fully saturated rings. The fourth-order valence-electron chi connectivity index (χ4n) is 1.50. The summed E-state index contributed by atoms with van der Waals surface area (Å²) in [5.41, 5.74) is 0. The van der Waals surface area contributed by atoms with E-state index >= 15 is 0 Å². The van der Waals surface area contributed by atoms with Crippen molar-refractivity contribution in [3.8, 4) is 0 Å². The second kappa shape index (κ2) is 4.50. The number of carbonyl (C=O) groups is 2. The van der Waals surface area contributed by atoms with Crippen molar-refractivity contribution in [1.29, 1.82) is 0 Å². The predicted molar refractivity (Wildman–Crippen MR) is 47.8 cm³/mol. The van der Waals surface area contributed by atoms with Crippen LogP contribution in [-0.2, 0) is 9.59 Å². The Morgan fingerprint density at radius 1 is 1.35 bits per heavy atom. The number of carboxylic acids is 1. The molecule has 1 rings (SSSR count). The number of hydrogen-bond donors (Lipinski definition) is 1. The minimum absolute atomic E-state index is 0.228. The first-order valence-corrected chi connectivity index (χ1v) is 4.86. The van der Waals surface area contributed by atoms with Gasteiger partial charge in [0, 0.05) is 19.0 Å². The van der Waals surface area contributed by atoms with E-state index in [1.54, 1.807) is 0 Å². The van der Waals surface area contributed by atoms with E-state index in [1.165, 1.54) is 6.92 Å². The molecule has 0 bridgehead atoms. The van der Waals surface area contributed by atoms with Crippen LogP contribution in [0.4, 0.5) is 17.6 Å². The van der Waals surface area contributed by atoms with Crippen LogP contribution in [0.25, 0.3) is 0 Å². The second-order valence-electron chi connectivity index (χ2n) is 4.02. The van der Waals surface area contributed by atoms with Gasteiger partial charge in [-0.2, -0.15) is 8.78 Å². The minimum Gasteiger partial charge on any atom is -0.481 e. The van der Waals surface area contributed by atoms with E-state index in [4.69, 9.17) is 5.11 Å². The van der Waals surface area contributed by atoms with Crippen LogP contribution >= 0.6 is 0 Å². The second-order valence-corrected chi connectivity index (χ2v) is 4.02. The SMILES string of the molecule is CC(C(=O)O)C1CN(C(=O)C(F)(F)C(F)F)C1. The van der Waals surface area contributed by atoms with Gasteiger partial charge in [-0.3, -0.25) is 9.59 Å². The largest absolute Gasteiger partial charge is 0.481 e. The molecule has 1 aliphatic rings. The first-order valence-electron chi connectivity index (χ1n) is 4.86. The third-order valence-corrected chi connectivity index (χ3v) is 2.85. The molecule has 0 spiro atoms. The molecule has 98 valence electrons. The van der Waals surface area contributed by atoms with Crippen molar-refractivity contribution in [2.45, 2.75) is 19.3 Å². The fourth-order valence-corrected chi connectivity index (χ4v) is 1.50. The maximum absolute atomic E-state index is 12.6. The van der Waals surface area contributed by atoms with Crippen LogP contribution in [0.15, 0.2) is 0 Å². The Morgan fingerprint density at radius 2 is 1.82 bits per heavy atom. The molecule has 1 aliphatic heterocycles. The van der Waals surface area contributed by atoms with Crippen LogP contribution in [0, 0.1) is 11.8 Å². The molecule has 0 aromatic rings. The summed E-state index contributed by atoms with van der Waals surface area (Å²) >= 11 is 0. The number of amides is 1. The van der Waals surface area contributed by atoms with Crippen molar-refractivity contribution in [3.63, 3.8) is 0 Å². The zero-order valence-electron chi connectivity index (χ0n) is 8.87. The molecule has 0 aliphatic carbocycles. The van der Waals surface area contributed by atoms with E-state index in [0.29, 0.717) is 4.90 Å². The monoisotopic (exact) mass is 257 g/mol. The molecule has 1 saturated heterocycles. The summed E-state index contributed by atoms with van der Waals surface area (Å²) in [6.07, 6.45) is -4.05. The van der Waals surface area contributed by atoms with Crippen molar-refractivity contribution in [1.82, 2.24) is 4.90 Å². The van der Waals surface area contributed by atoms with Crippen LogP contribution < -0.4 is 0 Å². The molecular formula is C9H11F4NO3. The van der Waals surface area contributed by atoms with Crippen molar-refractivity contribution in [2.75, 3.05) is 13.1 Å². The van der Waals surface area contributed by atoms with E-state index in [-0.39, 0.29) is 13.1 Å². The van der Waals surface area contributed by atoms with Crippen LogP contribution in [0.1, 0.15) is 6.92 Å².